The first-order valence-electron chi connectivity index (χ1n) is 9.87. The SMILES string of the molecule is CC(C)(C)[C@H](c1nc(-c2cc(F)cc(F)c2)nn1Cc1ccccc1)C(C)(O)C(N)=O. The van der Waals surface area contributed by atoms with Crippen LogP contribution < -0.4 is 5.73 Å². The van der Waals surface area contributed by atoms with Crippen LogP contribution >= 0.6 is 0 Å². The second-order valence-corrected chi connectivity index (χ2v) is 8.91. The van der Waals surface area contributed by atoms with Crippen molar-refractivity contribution in [3.63, 3.8) is 0 Å². The fourth-order valence-electron chi connectivity index (χ4n) is 3.87. The topological polar surface area (TPSA) is 94.0 Å². The van der Waals surface area contributed by atoms with Crippen LogP contribution in [-0.2, 0) is 11.3 Å². The van der Waals surface area contributed by atoms with Gasteiger partial charge in [-0.1, -0.05) is 51.1 Å². The molecule has 164 valence electrons. The lowest BCUT2D eigenvalue weighted by molar-refractivity contribution is -0.140. The van der Waals surface area contributed by atoms with Crippen LogP contribution in [0, 0.1) is 17.0 Å². The third-order valence-electron chi connectivity index (χ3n) is 5.18. The summed E-state index contributed by atoms with van der Waals surface area (Å²) in [4.78, 5) is 16.7. The van der Waals surface area contributed by atoms with E-state index in [1.807, 2.05) is 51.1 Å². The highest BCUT2D eigenvalue weighted by atomic mass is 19.1. The van der Waals surface area contributed by atoms with Crippen LogP contribution in [0.4, 0.5) is 8.78 Å². The lowest BCUT2D eigenvalue weighted by Crippen LogP contribution is -2.51. The lowest BCUT2D eigenvalue weighted by atomic mass is 9.70. The van der Waals surface area contributed by atoms with Crippen molar-refractivity contribution >= 4 is 5.91 Å². The van der Waals surface area contributed by atoms with Crippen LogP contribution in [-0.4, -0.2) is 31.4 Å². The number of aromatic nitrogens is 3. The highest BCUT2D eigenvalue weighted by molar-refractivity contribution is 5.84. The van der Waals surface area contributed by atoms with E-state index in [-0.39, 0.29) is 17.9 Å². The molecule has 1 heterocycles. The Balaban J connectivity index is 2.22. The number of hydrogen-bond acceptors (Lipinski definition) is 4. The molecule has 31 heavy (non-hydrogen) atoms. The molecular weight excluding hydrogens is 402 g/mol. The Kier molecular flexibility index (Phi) is 5.96. The van der Waals surface area contributed by atoms with E-state index < -0.39 is 34.5 Å². The zero-order valence-electron chi connectivity index (χ0n) is 17.9. The molecule has 0 aliphatic rings. The van der Waals surface area contributed by atoms with Gasteiger partial charge < -0.3 is 10.8 Å². The predicted molar refractivity (Wildman–Crippen MR) is 113 cm³/mol. The van der Waals surface area contributed by atoms with Crippen molar-refractivity contribution in [2.75, 3.05) is 0 Å². The Bertz CT molecular complexity index is 1070. The van der Waals surface area contributed by atoms with Gasteiger partial charge in [0.05, 0.1) is 12.5 Å². The van der Waals surface area contributed by atoms with Gasteiger partial charge in [0.2, 0.25) is 5.91 Å². The van der Waals surface area contributed by atoms with Crippen molar-refractivity contribution in [3.8, 4) is 11.4 Å². The zero-order valence-corrected chi connectivity index (χ0v) is 17.9. The molecule has 0 fully saturated rings. The maximum absolute atomic E-state index is 13.8. The number of amides is 1. The summed E-state index contributed by atoms with van der Waals surface area (Å²) < 4.78 is 29.2. The highest BCUT2D eigenvalue weighted by Crippen LogP contribution is 2.43. The summed E-state index contributed by atoms with van der Waals surface area (Å²) in [6, 6.07) is 12.4. The van der Waals surface area contributed by atoms with E-state index in [1.165, 1.54) is 6.92 Å². The van der Waals surface area contributed by atoms with Crippen LogP contribution in [0.1, 0.15) is 45.0 Å². The molecule has 6 nitrogen and oxygen atoms in total. The summed E-state index contributed by atoms with van der Waals surface area (Å²) >= 11 is 0. The van der Waals surface area contributed by atoms with Gasteiger partial charge in [-0.25, -0.2) is 18.4 Å². The monoisotopic (exact) mass is 428 g/mol. The number of carbonyl (C=O) groups excluding carboxylic acids is 1. The lowest BCUT2D eigenvalue weighted by Gasteiger charge is -2.38. The maximum atomic E-state index is 13.8. The van der Waals surface area contributed by atoms with E-state index in [9.17, 15) is 18.7 Å². The highest BCUT2D eigenvalue weighted by Gasteiger charge is 2.48. The fourth-order valence-corrected chi connectivity index (χ4v) is 3.87. The van der Waals surface area contributed by atoms with Gasteiger partial charge in [-0.15, -0.1) is 0 Å². The molecular formula is C23H26F2N4O2. The molecule has 1 unspecified atom stereocenters. The number of rotatable bonds is 6. The first-order chi connectivity index (χ1) is 14.4. The third kappa shape index (κ3) is 4.80. The number of nitrogens with two attached hydrogens (primary N) is 1. The van der Waals surface area contributed by atoms with Gasteiger partial charge in [-0.05, 0) is 30.0 Å². The number of nitrogens with zero attached hydrogens (tertiary/aromatic N) is 3. The van der Waals surface area contributed by atoms with Crippen molar-refractivity contribution in [2.45, 2.75) is 45.8 Å². The summed E-state index contributed by atoms with van der Waals surface area (Å²) in [6.45, 7) is 7.16. The minimum atomic E-state index is -1.94. The number of benzene rings is 2. The second-order valence-electron chi connectivity index (χ2n) is 8.91. The van der Waals surface area contributed by atoms with E-state index in [0.717, 1.165) is 23.8 Å². The Labute approximate surface area is 179 Å². The molecule has 1 aromatic heterocycles. The van der Waals surface area contributed by atoms with Crippen molar-refractivity contribution in [1.29, 1.82) is 0 Å². The molecule has 2 atom stereocenters. The molecule has 0 saturated heterocycles. The Hall–Kier alpha value is -3.13. The molecule has 0 aliphatic heterocycles. The molecule has 3 rings (SSSR count). The summed E-state index contributed by atoms with van der Waals surface area (Å²) in [5.41, 5.74) is 3.98. The molecule has 3 N–H and O–H groups in total. The Morgan fingerprint density at radius 1 is 1.10 bits per heavy atom. The maximum Gasteiger partial charge on any atom is 0.249 e. The van der Waals surface area contributed by atoms with Crippen LogP contribution in [0.2, 0.25) is 0 Å². The second kappa shape index (κ2) is 8.19. The minimum Gasteiger partial charge on any atom is -0.380 e. The summed E-state index contributed by atoms with van der Waals surface area (Å²) in [5, 5.41) is 15.5. The Morgan fingerprint density at radius 3 is 2.19 bits per heavy atom. The zero-order chi connectivity index (χ0) is 23.0. The van der Waals surface area contributed by atoms with E-state index in [2.05, 4.69) is 10.1 Å². The predicted octanol–water partition coefficient (Wildman–Crippen LogP) is 3.64. The smallest absolute Gasteiger partial charge is 0.249 e. The van der Waals surface area contributed by atoms with E-state index in [0.29, 0.717) is 5.82 Å². The third-order valence-corrected chi connectivity index (χ3v) is 5.18. The van der Waals surface area contributed by atoms with Gasteiger partial charge in [0.15, 0.2) is 5.82 Å². The number of halogens is 2. The first kappa shape index (κ1) is 22.6. The summed E-state index contributed by atoms with van der Waals surface area (Å²) in [6.07, 6.45) is 0. The van der Waals surface area contributed by atoms with E-state index in [4.69, 9.17) is 5.73 Å². The quantitative estimate of drug-likeness (QED) is 0.627. The largest absolute Gasteiger partial charge is 0.380 e. The van der Waals surface area contributed by atoms with Gasteiger partial charge in [-0.3, -0.25) is 4.79 Å². The fraction of sp³-hybridized carbons (Fsp3) is 0.348. The molecule has 3 aromatic rings. The number of aliphatic hydroxyl groups is 1. The molecule has 0 bridgehead atoms. The average Bonchev–Trinajstić information content (AvgIpc) is 3.03. The average molecular weight is 428 g/mol. The minimum absolute atomic E-state index is 0.0823. The summed E-state index contributed by atoms with van der Waals surface area (Å²) in [7, 11) is 0. The van der Waals surface area contributed by atoms with Crippen LogP contribution in [0.25, 0.3) is 11.4 Å². The number of hydrogen-bond donors (Lipinski definition) is 2. The normalized spacial score (nSPS) is 14.8. The first-order valence-corrected chi connectivity index (χ1v) is 9.87. The molecule has 0 aliphatic carbocycles. The van der Waals surface area contributed by atoms with Gasteiger partial charge in [0.1, 0.15) is 23.1 Å². The standard InChI is InChI=1S/C23H26F2N4O2/c1-22(2,3)18(23(4,31)21(26)30)20-27-19(15-10-16(24)12-17(25)11-15)28-29(20)13-14-8-6-5-7-9-14/h5-12,18,31H,13H2,1-4H3,(H2,26,30)/t18-,23?/m0/s1. The molecule has 1 amide bonds. The van der Waals surface area contributed by atoms with Crippen LogP contribution in [0.3, 0.4) is 0 Å². The molecule has 0 radical (unpaired) electrons. The van der Waals surface area contributed by atoms with Crippen LogP contribution in [0.15, 0.2) is 48.5 Å². The van der Waals surface area contributed by atoms with Gasteiger partial charge >= 0.3 is 0 Å². The molecule has 0 spiro atoms. The summed E-state index contributed by atoms with van der Waals surface area (Å²) in [5.74, 6) is -2.89. The number of primary amides is 1. The molecule has 2 aromatic carbocycles. The van der Waals surface area contributed by atoms with Crippen molar-refractivity contribution in [3.05, 3.63) is 71.6 Å². The Morgan fingerprint density at radius 2 is 1.68 bits per heavy atom. The number of carbonyl (C=O) groups is 1. The van der Waals surface area contributed by atoms with E-state index in [1.54, 1.807) is 4.68 Å². The van der Waals surface area contributed by atoms with Crippen molar-refractivity contribution in [2.24, 2.45) is 11.1 Å². The van der Waals surface area contributed by atoms with Gasteiger partial charge in [0, 0.05) is 11.6 Å². The van der Waals surface area contributed by atoms with Crippen molar-refractivity contribution < 1.29 is 18.7 Å². The van der Waals surface area contributed by atoms with Gasteiger partial charge in [0.25, 0.3) is 0 Å². The molecule has 0 saturated carbocycles. The molecule has 8 heteroatoms. The van der Waals surface area contributed by atoms with E-state index >= 15 is 0 Å². The van der Waals surface area contributed by atoms with Crippen molar-refractivity contribution in [1.82, 2.24) is 14.8 Å². The van der Waals surface area contributed by atoms with Gasteiger partial charge in [-0.2, -0.15) is 5.10 Å². The van der Waals surface area contributed by atoms with Crippen LogP contribution in [0.5, 0.6) is 0 Å².